The fraction of sp³-hybridized carbons (Fsp3) is 0.368. The van der Waals surface area contributed by atoms with Crippen molar-refractivity contribution >= 4 is 10.9 Å². The number of benzene rings is 1. The molecule has 0 radical (unpaired) electrons. The smallest absolute Gasteiger partial charge is 0.236 e. The first kappa shape index (κ1) is 16.5. The predicted octanol–water partition coefficient (Wildman–Crippen LogP) is 3.35. The van der Waals surface area contributed by atoms with E-state index in [2.05, 4.69) is 29.1 Å². The van der Waals surface area contributed by atoms with Crippen LogP contribution < -0.4 is 4.74 Å². The normalized spacial score (nSPS) is 11.1. The van der Waals surface area contributed by atoms with Gasteiger partial charge in [-0.2, -0.15) is 0 Å². The van der Waals surface area contributed by atoms with Crippen LogP contribution >= 0.6 is 0 Å². The summed E-state index contributed by atoms with van der Waals surface area (Å²) in [4.78, 5) is 4.63. The zero-order chi connectivity index (χ0) is 16.8. The largest absolute Gasteiger partial charge is 0.470 e. The predicted molar refractivity (Wildman–Crippen MR) is 94.0 cm³/mol. The van der Waals surface area contributed by atoms with Crippen LogP contribution in [0.25, 0.3) is 10.9 Å². The van der Waals surface area contributed by atoms with Gasteiger partial charge in [-0.15, -0.1) is 5.10 Å². The van der Waals surface area contributed by atoms with Crippen LogP contribution in [0.3, 0.4) is 0 Å². The zero-order valence-electron chi connectivity index (χ0n) is 14.0. The van der Waals surface area contributed by atoms with Crippen molar-refractivity contribution in [3.05, 3.63) is 53.9 Å². The molecule has 0 aliphatic carbocycles. The lowest BCUT2D eigenvalue weighted by Gasteiger charge is -2.06. The fourth-order valence-electron chi connectivity index (χ4n) is 2.69. The van der Waals surface area contributed by atoms with E-state index >= 15 is 0 Å². The van der Waals surface area contributed by atoms with Crippen LogP contribution in [-0.2, 0) is 19.6 Å². The van der Waals surface area contributed by atoms with Crippen molar-refractivity contribution in [3.8, 4) is 5.88 Å². The summed E-state index contributed by atoms with van der Waals surface area (Å²) >= 11 is 0. The Balaban J connectivity index is 1.72. The summed E-state index contributed by atoms with van der Waals surface area (Å²) in [6, 6.07) is 12.1. The second kappa shape index (κ2) is 7.93. The Morgan fingerprint density at radius 1 is 1.17 bits per heavy atom. The Morgan fingerprint density at radius 2 is 2.04 bits per heavy atom. The van der Waals surface area contributed by atoms with Crippen molar-refractivity contribution in [2.75, 3.05) is 6.61 Å². The van der Waals surface area contributed by atoms with E-state index in [0.717, 1.165) is 35.0 Å². The molecule has 0 amide bonds. The average Bonchev–Trinajstić information content (AvgIpc) is 3.00. The van der Waals surface area contributed by atoms with E-state index in [0.29, 0.717) is 25.5 Å². The zero-order valence-corrected chi connectivity index (χ0v) is 14.0. The topological polar surface area (TPSA) is 60.2 Å². The molecule has 2 aromatic heterocycles. The Labute approximate surface area is 141 Å². The maximum Gasteiger partial charge on any atom is 0.236 e. The molecule has 3 rings (SSSR count). The third-order valence-corrected chi connectivity index (χ3v) is 3.88. The number of para-hydroxylation sites is 1. The van der Waals surface area contributed by atoms with Gasteiger partial charge >= 0.3 is 0 Å². The van der Waals surface area contributed by atoms with Crippen molar-refractivity contribution in [3.63, 3.8) is 0 Å². The molecule has 1 aromatic carbocycles. The minimum absolute atomic E-state index is 0.167. The molecule has 0 saturated carbocycles. The second-order valence-corrected chi connectivity index (χ2v) is 5.83. The van der Waals surface area contributed by atoms with E-state index in [9.17, 15) is 0 Å². The van der Waals surface area contributed by atoms with Crippen LogP contribution in [-0.4, -0.2) is 26.5 Å². The van der Waals surface area contributed by atoms with Gasteiger partial charge in [0.05, 0.1) is 11.2 Å². The first-order valence-corrected chi connectivity index (χ1v) is 8.45. The lowest BCUT2D eigenvalue weighted by molar-refractivity contribution is 0.268. The number of pyridine rings is 1. The molecule has 0 unspecified atom stereocenters. The molecule has 0 spiro atoms. The van der Waals surface area contributed by atoms with Crippen LogP contribution in [0.4, 0.5) is 0 Å². The summed E-state index contributed by atoms with van der Waals surface area (Å²) in [5, 5.41) is 14.6. The molecule has 3 aromatic rings. The first-order chi connectivity index (χ1) is 11.8. The van der Waals surface area contributed by atoms with Crippen molar-refractivity contribution in [1.82, 2.24) is 14.8 Å². The van der Waals surface area contributed by atoms with Crippen LogP contribution in [0.15, 0.2) is 42.6 Å². The Kier molecular flexibility index (Phi) is 5.43. The number of ether oxygens (including phenoxy) is 1. The second-order valence-electron chi connectivity index (χ2n) is 5.83. The van der Waals surface area contributed by atoms with Gasteiger partial charge in [0.1, 0.15) is 6.61 Å². The van der Waals surface area contributed by atoms with Crippen molar-refractivity contribution < 1.29 is 9.84 Å². The Hall–Kier alpha value is -2.40. The lowest BCUT2D eigenvalue weighted by atomic mass is 10.2. The van der Waals surface area contributed by atoms with Gasteiger partial charge in [0.15, 0.2) is 0 Å². The van der Waals surface area contributed by atoms with Crippen LogP contribution in [0.1, 0.15) is 31.0 Å². The maximum absolute atomic E-state index is 8.97. The van der Waals surface area contributed by atoms with Gasteiger partial charge in [-0.1, -0.05) is 37.6 Å². The lowest BCUT2D eigenvalue weighted by Crippen LogP contribution is -2.03. The van der Waals surface area contributed by atoms with E-state index in [1.54, 1.807) is 0 Å². The van der Waals surface area contributed by atoms with Crippen molar-refractivity contribution in [2.45, 2.75) is 39.3 Å². The van der Waals surface area contributed by atoms with E-state index < -0.39 is 0 Å². The van der Waals surface area contributed by atoms with Gasteiger partial charge in [-0.25, -0.2) is 4.98 Å². The summed E-state index contributed by atoms with van der Waals surface area (Å²) in [6.07, 6.45) is 4.68. The molecule has 5 nitrogen and oxygen atoms in total. The quantitative estimate of drug-likeness (QED) is 0.690. The Morgan fingerprint density at radius 3 is 2.88 bits per heavy atom. The molecule has 0 aliphatic heterocycles. The molecule has 1 N–H and O–H groups in total. The number of aromatic nitrogens is 3. The maximum atomic E-state index is 8.97. The van der Waals surface area contributed by atoms with Crippen LogP contribution in [0, 0.1) is 0 Å². The number of aryl methyl sites for hydroxylation is 2. The first-order valence-electron chi connectivity index (χ1n) is 8.45. The summed E-state index contributed by atoms with van der Waals surface area (Å²) in [7, 11) is 0. The number of aliphatic hydroxyl groups excluding tert-OH is 1. The monoisotopic (exact) mass is 325 g/mol. The molecule has 0 fully saturated rings. The van der Waals surface area contributed by atoms with E-state index in [4.69, 9.17) is 9.84 Å². The molecular weight excluding hydrogens is 302 g/mol. The molecule has 0 atom stereocenters. The summed E-state index contributed by atoms with van der Waals surface area (Å²) < 4.78 is 7.78. The van der Waals surface area contributed by atoms with Crippen molar-refractivity contribution in [1.29, 1.82) is 0 Å². The Bertz CT molecular complexity index is 798. The highest BCUT2D eigenvalue weighted by Gasteiger charge is 2.10. The third-order valence-electron chi connectivity index (χ3n) is 3.88. The molecule has 126 valence electrons. The fourth-order valence-corrected chi connectivity index (χ4v) is 2.69. The molecule has 2 heterocycles. The standard InChI is InChI=1S/C19H23N3O2/c1-2-6-16-13-22(11-5-12-23)21-19(16)24-14-17-10-9-15-7-3-4-8-18(15)20-17/h3-4,7-10,13,23H,2,5-6,11-12,14H2,1H3. The van der Waals surface area contributed by atoms with Gasteiger partial charge in [0, 0.05) is 30.3 Å². The van der Waals surface area contributed by atoms with Crippen molar-refractivity contribution in [2.24, 2.45) is 0 Å². The molecule has 0 saturated heterocycles. The highest BCUT2D eigenvalue weighted by Crippen LogP contribution is 2.20. The highest BCUT2D eigenvalue weighted by molar-refractivity contribution is 5.78. The number of nitrogens with zero attached hydrogens (tertiary/aromatic N) is 3. The number of fused-ring (bicyclic) bond motifs is 1. The van der Waals surface area contributed by atoms with Crippen LogP contribution in [0.2, 0.25) is 0 Å². The molecule has 0 bridgehead atoms. The van der Waals surface area contributed by atoms with Gasteiger partial charge in [0.25, 0.3) is 0 Å². The third kappa shape index (κ3) is 3.92. The van der Waals surface area contributed by atoms with Gasteiger partial charge in [0.2, 0.25) is 5.88 Å². The molecule has 0 aliphatic rings. The highest BCUT2D eigenvalue weighted by atomic mass is 16.5. The van der Waals surface area contributed by atoms with Gasteiger partial charge in [-0.3, -0.25) is 4.68 Å². The summed E-state index contributed by atoms with van der Waals surface area (Å²) in [5.74, 6) is 0.671. The van der Waals surface area contributed by atoms with E-state index in [1.165, 1.54) is 0 Å². The minimum Gasteiger partial charge on any atom is -0.470 e. The van der Waals surface area contributed by atoms with Gasteiger partial charge in [-0.05, 0) is 25.0 Å². The van der Waals surface area contributed by atoms with E-state index in [1.807, 2.05) is 35.1 Å². The summed E-state index contributed by atoms with van der Waals surface area (Å²) in [6.45, 7) is 3.41. The average molecular weight is 325 g/mol. The van der Waals surface area contributed by atoms with E-state index in [-0.39, 0.29) is 6.61 Å². The summed E-state index contributed by atoms with van der Waals surface area (Å²) in [5.41, 5.74) is 2.97. The number of hydrogen-bond donors (Lipinski definition) is 1. The number of rotatable bonds is 8. The minimum atomic E-state index is 0.167. The number of hydrogen-bond acceptors (Lipinski definition) is 4. The SMILES string of the molecule is CCCc1cn(CCCO)nc1OCc1ccc2ccccc2n1. The molecule has 5 heteroatoms. The molecular formula is C19H23N3O2. The number of aliphatic hydroxyl groups is 1. The van der Waals surface area contributed by atoms with Crippen LogP contribution in [0.5, 0.6) is 5.88 Å². The molecule has 24 heavy (non-hydrogen) atoms. The van der Waals surface area contributed by atoms with Gasteiger partial charge < -0.3 is 9.84 Å².